The minimum absolute atomic E-state index is 0.0938. The number of benzene rings is 1. The fourth-order valence-electron chi connectivity index (χ4n) is 3.21. The Balaban J connectivity index is 1.73. The first kappa shape index (κ1) is 20.6. The number of pyridine rings is 1. The number of para-hydroxylation sites is 1. The van der Waals surface area contributed by atoms with Crippen LogP contribution in [0.4, 0.5) is 17.2 Å². The lowest BCUT2D eigenvalue weighted by Crippen LogP contribution is -2.20. The van der Waals surface area contributed by atoms with Crippen LogP contribution in [0.5, 0.6) is 5.75 Å². The molecule has 13 heteroatoms. The normalized spacial score (nSPS) is 14.7. The molecule has 0 unspecified atom stereocenters. The maximum absolute atomic E-state index is 12.7. The van der Waals surface area contributed by atoms with Crippen molar-refractivity contribution in [2.45, 2.75) is 17.7 Å². The Morgan fingerprint density at radius 3 is 2.51 bits per heavy atom. The summed E-state index contributed by atoms with van der Waals surface area (Å²) in [5.74, 6) is -0.702. The summed E-state index contributed by atoms with van der Waals surface area (Å²) in [7, 11) is 2.70. The van der Waals surface area contributed by atoms with Crippen molar-refractivity contribution < 1.29 is 26.9 Å². The lowest BCUT2D eigenvalue weighted by Gasteiger charge is -2.17. The van der Waals surface area contributed by atoms with Crippen LogP contribution in [0.3, 0.4) is 0 Å². The van der Waals surface area contributed by atoms with Crippen LogP contribution in [-0.2, 0) is 13.8 Å². The van der Waals surface area contributed by atoms with E-state index in [-0.39, 0.29) is 45.4 Å². The lowest BCUT2D eigenvalue weighted by molar-refractivity contribution is -0.117. The molecule has 1 aliphatic carbocycles. The highest BCUT2D eigenvalue weighted by Crippen LogP contribution is 2.37. The van der Waals surface area contributed by atoms with Gasteiger partial charge in [0.25, 0.3) is 15.0 Å². The van der Waals surface area contributed by atoms with Gasteiger partial charge in [-0.2, -0.15) is 0 Å². The van der Waals surface area contributed by atoms with Gasteiger partial charge < -0.3 is 20.7 Å². The van der Waals surface area contributed by atoms with Crippen LogP contribution in [0.1, 0.15) is 27.3 Å². The number of nitrogens with zero attached hydrogens (tertiary/aromatic N) is 3. The number of nitrogens with one attached hydrogen (secondary N) is 3. The molecule has 2 aromatic heterocycles. The molecule has 182 valence electrons. The summed E-state index contributed by atoms with van der Waals surface area (Å²) in [5, 5.41) is 7.63. The van der Waals surface area contributed by atoms with E-state index in [2.05, 4.69) is 25.6 Å². The number of carbonyl (C=O) groups is 2. The molecule has 0 bridgehead atoms. The first-order valence-electron chi connectivity index (χ1n) is 11.7. The summed E-state index contributed by atoms with van der Waals surface area (Å²) in [6.45, 7) is -2.75. The molecule has 2 amide bonds. The number of hydrogen-bond donors (Lipinski definition) is 3. The molecule has 4 rings (SSSR count). The second kappa shape index (κ2) is 9.84. The quantitative estimate of drug-likeness (QED) is 0.381. The molecule has 0 atom stereocenters. The van der Waals surface area contributed by atoms with Crippen LogP contribution in [0.25, 0.3) is 11.4 Å². The number of halogens is 1. The van der Waals surface area contributed by atoms with Gasteiger partial charge in [-0.3, -0.25) is 9.59 Å². The highest BCUT2D eigenvalue weighted by molar-refractivity contribution is 8.13. The molecule has 11 nitrogen and oxygen atoms in total. The van der Waals surface area contributed by atoms with Crippen molar-refractivity contribution >= 4 is 48.7 Å². The van der Waals surface area contributed by atoms with Gasteiger partial charge in [-0.05, 0) is 25.0 Å². The number of carbonyl (C=O) groups excluding carboxylic acids is 2. The zero-order chi connectivity index (χ0) is 27.7. The number of methoxy groups -OCH3 is 1. The van der Waals surface area contributed by atoms with Crippen LogP contribution >= 0.6 is 10.7 Å². The average molecular weight is 520 g/mol. The topological polar surface area (TPSA) is 152 Å². The Bertz CT molecular complexity index is 1500. The van der Waals surface area contributed by atoms with E-state index in [1.807, 2.05) is 5.32 Å². The van der Waals surface area contributed by atoms with Gasteiger partial charge in [0.05, 0.1) is 42.0 Å². The predicted molar refractivity (Wildman–Crippen MR) is 129 cm³/mol. The van der Waals surface area contributed by atoms with Crippen LogP contribution in [0.15, 0.2) is 47.8 Å². The van der Waals surface area contributed by atoms with Crippen molar-refractivity contribution in [2.75, 3.05) is 24.7 Å². The Morgan fingerprint density at radius 1 is 1.14 bits per heavy atom. The minimum Gasteiger partial charge on any atom is -0.494 e. The van der Waals surface area contributed by atoms with E-state index < -0.39 is 21.9 Å². The SMILES string of the molecule is [2H]C([2H])([2H])NC(=O)c1cnc(NC(=O)C2CC2)cc1Nc1cccc(-c2ncc(S(=O)(=O)Cl)cn2)c1OC. The lowest BCUT2D eigenvalue weighted by atomic mass is 10.1. The fourth-order valence-corrected chi connectivity index (χ4v) is 3.80. The van der Waals surface area contributed by atoms with Gasteiger partial charge in [0.1, 0.15) is 10.7 Å². The third-order valence-corrected chi connectivity index (χ3v) is 6.41. The molecule has 35 heavy (non-hydrogen) atoms. The molecule has 0 aliphatic heterocycles. The van der Waals surface area contributed by atoms with Crippen LogP contribution < -0.4 is 20.7 Å². The fraction of sp³-hybridized carbons (Fsp3) is 0.227. The number of hydrogen-bond acceptors (Lipinski definition) is 9. The molecular formula is C22H21ClN6O5S. The Labute approximate surface area is 209 Å². The highest BCUT2D eigenvalue weighted by Gasteiger charge is 2.30. The monoisotopic (exact) mass is 519 g/mol. The smallest absolute Gasteiger partial charge is 0.264 e. The minimum atomic E-state index is -4.02. The van der Waals surface area contributed by atoms with Gasteiger partial charge in [0.2, 0.25) is 5.91 Å². The molecule has 0 spiro atoms. The molecular weight excluding hydrogens is 496 g/mol. The maximum Gasteiger partial charge on any atom is 0.264 e. The molecule has 1 aliphatic rings. The maximum atomic E-state index is 12.7. The standard InChI is InChI=1S/C22H21ClN6O5S/c1-24-22(31)15-11-25-18(29-21(30)12-6-7-12)8-17(15)28-16-5-3-4-14(19(16)34-2)20-26-9-13(10-27-20)35(23,32)33/h3-5,8-12H,6-7H2,1-2H3,(H,24,31)(H2,25,28,29,30)/i1D3. The van der Waals surface area contributed by atoms with E-state index in [1.54, 1.807) is 18.2 Å². The summed E-state index contributed by atoms with van der Waals surface area (Å²) >= 11 is 0. The molecule has 1 fully saturated rings. The van der Waals surface area contributed by atoms with Gasteiger partial charge in [0, 0.05) is 40.0 Å². The second-order valence-corrected chi connectivity index (χ2v) is 10.1. The third kappa shape index (κ3) is 5.49. The second-order valence-electron chi connectivity index (χ2n) is 7.52. The zero-order valence-corrected chi connectivity index (χ0v) is 19.8. The van der Waals surface area contributed by atoms with E-state index in [0.29, 0.717) is 11.3 Å². The van der Waals surface area contributed by atoms with Gasteiger partial charge in [-0.15, -0.1) is 0 Å². The van der Waals surface area contributed by atoms with Crippen molar-refractivity contribution in [1.29, 1.82) is 0 Å². The van der Waals surface area contributed by atoms with Crippen molar-refractivity contribution in [1.82, 2.24) is 20.3 Å². The van der Waals surface area contributed by atoms with Crippen LogP contribution in [0, 0.1) is 5.92 Å². The molecule has 2 heterocycles. The number of ether oxygens (including phenoxy) is 1. The van der Waals surface area contributed by atoms with E-state index >= 15 is 0 Å². The largest absolute Gasteiger partial charge is 0.494 e. The summed E-state index contributed by atoms with van der Waals surface area (Å²) in [5.41, 5.74) is 0.732. The van der Waals surface area contributed by atoms with E-state index in [9.17, 15) is 18.0 Å². The van der Waals surface area contributed by atoms with E-state index in [4.69, 9.17) is 19.5 Å². The van der Waals surface area contributed by atoms with Gasteiger partial charge in [-0.1, -0.05) is 6.07 Å². The van der Waals surface area contributed by atoms with Crippen molar-refractivity contribution in [3.8, 4) is 17.1 Å². The molecule has 0 saturated heterocycles. The zero-order valence-electron chi connectivity index (χ0n) is 21.2. The van der Waals surface area contributed by atoms with Crippen LogP contribution in [0.2, 0.25) is 0 Å². The molecule has 0 radical (unpaired) electrons. The number of rotatable bonds is 8. The predicted octanol–water partition coefficient (Wildman–Crippen LogP) is 2.93. The molecule has 1 saturated carbocycles. The molecule has 3 aromatic rings. The molecule has 1 aromatic carbocycles. The number of amides is 2. The van der Waals surface area contributed by atoms with Crippen molar-refractivity contribution in [2.24, 2.45) is 5.92 Å². The Kier molecular flexibility index (Phi) is 5.79. The summed E-state index contributed by atoms with van der Waals surface area (Å²) in [4.78, 5) is 36.9. The summed E-state index contributed by atoms with van der Waals surface area (Å²) in [6.07, 6.45) is 4.81. The van der Waals surface area contributed by atoms with E-state index in [1.165, 1.54) is 13.2 Å². The Morgan fingerprint density at radius 2 is 1.89 bits per heavy atom. The number of anilines is 3. The van der Waals surface area contributed by atoms with Gasteiger partial charge in [0.15, 0.2) is 11.6 Å². The molecule has 3 N–H and O–H groups in total. The Hall–Kier alpha value is -3.77. The first-order valence-corrected chi connectivity index (χ1v) is 12.5. The van der Waals surface area contributed by atoms with Crippen LogP contribution in [-0.4, -0.2) is 49.3 Å². The van der Waals surface area contributed by atoms with E-state index in [0.717, 1.165) is 31.4 Å². The highest BCUT2D eigenvalue weighted by atomic mass is 35.7. The van der Waals surface area contributed by atoms with Crippen molar-refractivity contribution in [3.05, 3.63) is 48.4 Å². The van der Waals surface area contributed by atoms with Crippen molar-refractivity contribution in [3.63, 3.8) is 0 Å². The first-order chi connectivity index (χ1) is 17.9. The van der Waals surface area contributed by atoms with Gasteiger partial charge >= 0.3 is 0 Å². The summed E-state index contributed by atoms with van der Waals surface area (Å²) in [6, 6.07) is 6.28. The van der Waals surface area contributed by atoms with Gasteiger partial charge in [-0.25, -0.2) is 23.4 Å². The number of aromatic nitrogens is 3. The average Bonchev–Trinajstić information content (AvgIpc) is 3.68. The summed E-state index contributed by atoms with van der Waals surface area (Å²) < 4.78 is 50.7. The third-order valence-electron chi connectivity index (χ3n) is 5.10.